The van der Waals surface area contributed by atoms with Crippen LogP contribution in [0, 0.1) is 34.6 Å². The van der Waals surface area contributed by atoms with Gasteiger partial charge in [-0.3, -0.25) is 4.79 Å². The first-order chi connectivity index (χ1) is 11.9. The molecule has 0 aromatic heterocycles. The molecule has 4 nitrogen and oxygen atoms in total. The van der Waals surface area contributed by atoms with Crippen LogP contribution in [0.4, 0.5) is 0 Å². The minimum atomic E-state index is -0.161. The Bertz CT molecular complexity index is 753. The third-order valence-electron chi connectivity index (χ3n) is 5.09. The summed E-state index contributed by atoms with van der Waals surface area (Å²) in [5.74, 6) is 0.428. The second-order valence-corrected chi connectivity index (χ2v) is 6.43. The highest BCUT2D eigenvalue weighted by Gasteiger charge is 2.15. The van der Waals surface area contributed by atoms with E-state index in [-0.39, 0.29) is 5.91 Å². The molecule has 0 bridgehead atoms. The monoisotopic (exact) mass is 340 g/mol. The second kappa shape index (κ2) is 8.17. The number of ether oxygens (including phenoxy) is 1. The maximum Gasteiger partial charge on any atom is 0.255 e. The normalized spacial score (nSPS) is 10.6. The predicted octanol–water partition coefficient (Wildman–Crippen LogP) is 3.50. The zero-order valence-electron chi connectivity index (χ0n) is 15.8. The first kappa shape index (κ1) is 19.0. The van der Waals surface area contributed by atoms with E-state index in [1.54, 1.807) is 6.07 Å². The zero-order chi connectivity index (χ0) is 18.6. The minimum absolute atomic E-state index is 0.161. The lowest BCUT2D eigenvalue weighted by atomic mass is 9.90. The number of benzene rings is 2. The van der Waals surface area contributed by atoms with Crippen LogP contribution in [0.1, 0.15) is 43.7 Å². The smallest absolute Gasteiger partial charge is 0.255 e. The summed E-state index contributed by atoms with van der Waals surface area (Å²) in [6.07, 6.45) is 0. The fourth-order valence-electron chi connectivity index (χ4n) is 3.01. The summed E-state index contributed by atoms with van der Waals surface area (Å²) < 4.78 is 6.04. The van der Waals surface area contributed by atoms with Crippen molar-refractivity contribution in [2.75, 3.05) is 13.1 Å². The number of carbonyl (C=O) groups excluding carboxylic acids is 1. The average Bonchev–Trinajstić information content (AvgIpc) is 2.63. The fourth-order valence-corrected chi connectivity index (χ4v) is 3.01. The first-order valence-electron chi connectivity index (χ1n) is 8.64. The molecule has 134 valence electrons. The molecule has 2 rings (SSSR count). The van der Waals surface area contributed by atoms with Crippen LogP contribution in [0.5, 0.6) is 5.75 Å². The van der Waals surface area contributed by atoms with Crippen molar-refractivity contribution < 1.29 is 9.53 Å². The molecule has 0 heterocycles. The molecule has 0 spiro atoms. The molecule has 25 heavy (non-hydrogen) atoms. The van der Waals surface area contributed by atoms with E-state index in [0.29, 0.717) is 31.0 Å². The van der Waals surface area contributed by atoms with E-state index in [4.69, 9.17) is 10.5 Å². The van der Waals surface area contributed by atoms with Crippen molar-refractivity contribution in [1.29, 1.82) is 0 Å². The van der Waals surface area contributed by atoms with Gasteiger partial charge in [-0.15, -0.1) is 0 Å². The van der Waals surface area contributed by atoms with Gasteiger partial charge in [-0.05, 0) is 80.1 Å². The van der Waals surface area contributed by atoms with Gasteiger partial charge in [0.1, 0.15) is 12.4 Å². The molecule has 1 amide bonds. The predicted molar refractivity (Wildman–Crippen MR) is 102 cm³/mol. The lowest BCUT2D eigenvalue weighted by Gasteiger charge is -2.19. The highest BCUT2D eigenvalue weighted by atomic mass is 16.5. The van der Waals surface area contributed by atoms with E-state index in [1.165, 1.54) is 33.4 Å². The van der Waals surface area contributed by atoms with E-state index in [9.17, 15) is 4.79 Å². The Morgan fingerprint density at radius 1 is 0.960 bits per heavy atom. The van der Waals surface area contributed by atoms with Crippen LogP contribution in [0.2, 0.25) is 0 Å². The number of hydrogen-bond acceptors (Lipinski definition) is 3. The van der Waals surface area contributed by atoms with Crippen molar-refractivity contribution >= 4 is 5.91 Å². The third kappa shape index (κ3) is 4.02. The van der Waals surface area contributed by atoms with Gasteiger partial charge in [0.25, 0.3) is 5.91 Å². The molecule has 0 aliphatic carbocycles. The molecule has 2 aromatic carbocycles. The topological polar surface area (TPSA) is 64.3 Å². The number of rotatable bonds is 6. The van der Waals surface area contributed by atoms with Crippen molar-refractivity contribution in [2.45, 2.75) is 41.2 Å². The largest absolute Gasteiger partial charge is 0.488 e. The van der Waals surface area contributed by atoms with Gasteiger partial charge in [0.05, 0.1) is 5.56 Å². The molecule has 0 saturated carbocycles. The standard InChI is InChI=1S/C21H28N2O2/c1-13-14(2)16(4)19(17(5)15(13)3)12-25-20-9-7-6-8-18(20)21(24)23-11-10-22/h6-9H,10-12,22H2,1-5H3,(H,23,24). The van der Waals surface area contributed by atoms with Gasteiger partial charge in [0, 0.05) is 13.1 Å². The number of carbonyl (C=O) groups is 1. The highest BCUT2D eigenvalue weighted by molar-refractivity contribution is 5.96. The number of nitrogens with one attached hydrogen (secondary N) is 1. The van der Waals surface area contributed by atoms with Crippen LogP contribution in [0.25, 0.3) is 0 Å². The van der Waals surface area contributed by atoms with Crippen molar-refractivity contribution in [3.05, 3.63) is 63.2 Å². The fraction of sp³-hybridized carbons (Fsp3) is 0.381. The molecule has 0 unspecified atom stereocenters. The Labute approximate surface area is 150 Å². The number of amides is 1. The molecule has 0 fully saturated rings. The SMILES string of the molecule is Cc1c(C)c(C)c(COc2ccccc2C(=O)NCCN)c(C)c1C. The van der Waals surface area contributed by atoms with E-state index in [2.05, 4.69) is 39.9 Å². The summed E-state index contributed by atoms with van der Waals surface area (Å²) >= 11 is 0. The van der Waals surface area contributed by atoms with Crippen LogP contribution in [0.3, 0.4) is 0 Å². The first-order valence-corrected chi connectivity index (χ1v) is 8.64. The van der Waals surface area contributed by atoms with E-state index >= 15 is 0 Å². The molecule has 0 radical (unpaired) electrons. The molecule has 2 aromatic rings. The van der Waals surface area contributed by atoms with Gasteiger partial charge in [-0.25, -0.2) is 0 Å². The minimum Gasteiger partial charge on any atom is -0.488 e. The summed E-state index contributed by atoms with van der Waals surface area (Å²) in [4.78, 5) is 12.3. The van der Waals surface area contributed by atoms with E-state index in [0.717, 1.165) is 0 Å². The van der Waals surface area contributed by atoms with Gasteiger partial charge >= 0.3 is 0 Å². The van der Waals surface area contributed by atoms with Crippen molar-refractivity contribution in [2.24, 2.45) is 5.73 Å². The Hall–Kier alpha value is -2.33. The second-order valence-electron chi connectivity index (χ2n) is 6.43. The maximum atomic E-state index is 12.3. The average molecular weight is 340 g/mol. The quantitative estimate of drug-likeness (QED) is 0.846. The summed E-state index contributed by atoms with van der Waals surface area (Å²) in [6.45, 7) is 12.0. The number of nitrogens with two attached hydrogens (primary N) is 1. The van der Waals surface area contributed by atoms with Gasteiger partial charge in [-0.1, -0.05) is 12.1 Å². The van der Waals surface area contributed by atoms with Crippen LogP contribution in [-0.2, 0) is 6.61 Å². The molecule has 4 heteroatoms. The van der Waals surface area contributed by atoms with E-state index < -0.39 is 0 Å². The molecule has 0 aliphatic rings. The molecule has 0 saturated heterocycles. The van der Waals surface area contributed by atoms with Crippen LogP contribution >= 0.6 is 0 Å². The Morgan fingerprint density at radius 3 is 2.12 bits per heavy atom. The van der Waals surface area contributed by atoms with Crippen LogP contribution < -0.4 is 15.8 Å². The summed E-state index contributed by atoms with van der Waals surface area (Å²) in [5, 5.41) is 2.79. The number of hydrogen-bond donors (Lipinski definition) is 2. The highest BCUT2D eigenvalue weighted by Crippen LogP contribution is 2.28. The van der Waals surface area contributed by atoms with Gasteiger partial charge in [0.15, 0.2) is 0 Å². The summed E-state index contributed by atoms with van der Waals surface area (Å²) in [5.41, 5.74) is 13.6. The Balaban J connectivity index is 2.28. The number of para-hydroxylation sites is 1. The molecular formula is C21H28N2O2. The summed E-state index contributed by atoms with van der Waals surface area (Å²) in [6, 6.07) is 7.31. The van der Waals surface area contributed by atoms with Gasteiger partial charge in [0.2, 0.25) is 0 Å². The lowest BCUT2D eigenvalue weighted by molar-refractivity contribution is 0.0950. The van der Waals surface area contributed by atoms with Crippen LogP contribution in [0.15, 0.2) is 24.3 Å². The summed E-state index contributed by atoms with van der Waals surface area (Å²) in [7, 11) is 0. The van der Waals surface area contributed by atoms with Crippen molar-refractivity contribution in [1.82, 2.24) is 5.32 Å². The zero-order valence-corrected chi connectivity index (χ0v) is 15.8. The molecule has 0 atom stereocenters. The molecule has 0 aliphatic heterocycles. The van der Waals surface area contributed by atoms with Gasteiger partial charge in [-0.2, -0.15) is 0 Å². The Kier molecular flexibility index (Phi) is 6.21. The van der Waals surface area contributed by atoms with E-state index in [1.807, 2.05) is 18.2 Å². The Morgan fingerprint density at radius 2 is 1.52 bits per heavy atom. The third-order valence-corrected chi connectivity index (χ3v) is 5.09. The van der Waals surface area contributed by atoms with Crippen LogP contribution in [-0.4, -0.2) is 19.0 Å². The van der Waals surface area contributed by atoms with Crippen molar-refractivity contribution in [3.63, 3.8) is 0 Å². The lowest BCUT2D eigenvalue weighted by Crippen LogP contribution is -2.29. The van der Waals surface area contributed by atoms with Gasteiger partial charge < -0.3 is 15.8 Å². The molecule has 3 N–H and O–H groups in total. The van der Waals surface area contributed by atoms with Crippen molar-refractivity contribution in [3.8, 4) is 5.75 Å². The maximum absolute atomic E-state index is 12.3. The molecular weight excluding hydrogens is 312 g/mol.